The average molecular weight is 312 g/mol. The zero-order valence-corrected chi connectivity index (χ0v) is 11.1. The summed E-state index contributed by atoms with van der Waals surface area (Å²) >= 11 is 0. The molecular formula is C13H11F3N4O2. The predicted molar refractivity (Wildman–Crippen MR) is 68.4 cm³/mol. The molecule has 1 aliphatic rings. The largest absolute Gasteiger partial charge is 0.573 e. The Labute approximate surface area is 122 Å². The summed E-state index contributed by atoms with van der Waals surface area (Å²) in [4.78, 5) is 12.0. The highest BCUT2D eigenvalue weighted by Gasteiger charge is 2.46. The fourth-order valence-electron chi connectivity index (χ4n) is 2.30. The van der Waals surface area contributed by atoms with Crippen molar-refractivity contribution >= 4 is 5.91 Å². The van der Waals surface area contributed by atoms with Gasteiger partial charge in [0.15, 0.2) is 0 Å². The van der Waals surface area contributed by atoms with Crippen LogP contribution in [-0.2, 0) is 4.79 Å². The van der Waals surface area contributed by atoms with Crippen molar-refractivity contribution in [3.63, 3.8) is 0 Å². The lowest BCUT2D eigenvalue weighted by molar-refractivity contribution is -0.274. The van der Waals surface area contributed by atoms with Gasteiger partial charge in [0.05, 0.1) is 0 Å². The minimum absolute atomic E-state index is 0.264. The number of benzene rings is 1. The van der Waals surface area contributed by atoms with Gasteiger partial charge in [-0.3, -0.25) is 10.2 Å². The molecule has 1 saturated carbocycles. The Hall–Kier alpha value is -2.58. The first kappa shape index (κ1) is 14.4. The van der Waals surface area contributed by atoms with E-state index >= 15 is 0 Å². The summed E-state index contributed by atoms with van der Waals surface area (Å²) in [6.07, 6.45) is -1.66. The molecule has 6 nitrogen and oxygen atoms in total. The van der Waals surface area contributed by atoms with E-state index in [0.29, 0.717) is 12.0 Å². The van der Waals surface area contributed by atoms with Crippen molar-refractivity contribution in [1.82, 2.24) is 14.9 Å². The normalized spacial score (nSPS) is 20.5. The third-order valence-corrected chi connectivity index (χ3v) is 3.33. The Morgan fingerprint density at radius 1 is 1.27 bits per heavy atom. The van der Waals surface area contributed by atoms with Crippen molar-refractivity contribution in [3.8, 4) is 5.75 Å². The summed E-state index contributed by atoms with van der Waals surface area (Å²) in [5.74, 6) is -1.26. The summed E-state index contributed by atoms with van der Waals surface area (Å²) in [7, 11) is 0. The smallest absolute Gasteiger partial charge is 0.405 e. The van der Waals surface area contributed by atoms with Crippen LogP contribution < -0.4 is 10.2 Å². The van der Waals surface area contributed by atoms with Crippen molar-refractivity contribution in [2.75, 3.05) is 5.43 Å². The molecule has 0 aliphatic heterocycles. The van der Waals surface area contributed by atoms with E-state index in [1.54, 1.807) is 6.07 Å². The van der Waals surface area contributed by atoms with Gasteiger partial charge in [-0.1, -0.05) is 18.2 Å². The molecule has 9 heteroatoms. The van der Waals surface area contributed by atoms with E-state index in [1.807, 2.05) is 0 Å². The molecule has 0 radical (unpaired) electrons. The van der Waals surface area contributed by atoms with Gasteiger partial charge in [0.1, 0.15) is 18.4 Å². The lowest BCUT2D eigenvalue weighted by atomic mass is 10.1. The number of nitrogens with one attached hydrogen (secondary N) is 1. The van der Waals surface area contributed by atoms with Gasteiger partial charge in [-0.15, -0.1) is 23.4 Å². The van der Waals surface area contributed by atoms with Crippen LogP contribution in [0.15, 0.2) is 36.9 Å². The van der Waals surface area contributed by atoms with Crippen LogP contribution in [0, 0.1) is 5.92 Å². The van der Waals surface area contributed by atoms with Crippen LogP contribution in [0.2, 0.25) is 0 Å². The Morgan fingerprint density at radius 2 is 1.95 bits per heavy atom. The van der Waals surface area contributed by atoms with Gasteiger partial charge < -0.3 is 4.74 Å². The van der Waals surface area contributed by atoms with Crippen LogP contribution in [-0.4, -0.2) is 27.1 Å². The first-order chi connectivity index (χ1) is 10.4. The Morgan fingerprint density at radius 3 is 2.64 bits per heavy atom. The molecule has 0 saturated heterocycles. The van der Waals surface area contributed by atoms with Gasteiger partial charge in [0.2, 0.25) is 5.91 Å². The number of nitrogens with zero attached hydrogens (tertiary/aromatic N) is 3. The maximum atomic E-state index is 12.4. The Balaban J connectivity index is 1.70. The summed E-state index contributed by atoms with van der Waals surface area (Å²) in [5, 5.41) is 7.08. The van der Waals surface area contributed by atoms with E-state index in [1.165, 1.54) is 35.5 Å². The average Bonchev–Trinajstić information content (AvgIpc) is 3.08. The second-order valence-electron chi connectivity index (χ2n) is 4.88. The number of carbonyl (C=O) groups excluding carboxylic acids is 1. The maximum Gasteiger partial charge on any atom is 0.573 e. The number of alkyl halides is 3. The van der Waals surface area contributed by atoms with Crippen molar-refractivity contribution in [1.29, 1.82) is 0 Å². The number of ether oxygens (including phenoxy) is 1. The zero-order chi connectivity index (χ0) is 15.7. The summed E-state index contributed by atoms with van der Waals surface area (Å²) in [6.45, 7) is 0. The molecule has 22 heavy (non-hydrogen) atoms. The summed E-state index contributed by atoms with van der Waals surface area (Å²) < 4.78 is 42.5. The van der Waals surface area contributed by atoms with Gasteiger partial charge >= 0.3 is 6.36 Å². The first-order valence-electron chi connectivity index (χ1n) is 6.44. The number of carbonyl (C=O) groups is 1. The molecule has 0 spiro atoms. The molecule has 1 aromatic heterocycles. The monoisotopic (exact) mass is 312 g/mol. The molecule has 1 aromatic carbocycles. The zero-order valence-electron chi connectivity index (χ0n) is 11.1. The first-order valence-corrected chi connectivity index (χ1v) is 6.44. The molecule has 1 N–H and O–H groups in total. The second-order valence-corrected chi connectivity index (χ2v) is 4.88. The van der Waals surface area contributed by atoms with E-state index in [2.05, 4.69) is 20.4 Å². The lowest BCUT2D eigenvalue weighted by Gasteiger charge is -2.13. The Kier molecular flexibility index (Phi) is 3.47. The minimum Gasteiger partial charge on any atom is -0.405 e. The highest BCUT2D eigenvalue weighted by molar-refractivity contribution is 5.89. The second kappa shape index (κ2) is 5.32. The molecule has 2 unspecified atom stereocenters. The van der Waals surface area contributed by atoms with Crippen LogP contribution in [0.1, 0.15) is 17.9 Å². The van der Waals surface area contributed by atoms with E-state index in [-0.39, 0.29) is 17.6 Å². The molecule has 2 aromatic rings. The standard InChI is InChI=1S/C13H11F3N4O2/c14-13(15,16)22-11-4-2-1-3-8(11)9-5-10(9)12(21)19-20-6-17-18-7-20/h1-4,6-7,9-10H,5H2,(H,19,21). The molecule has 1 aliphatic carbocycles. The van der Waals surface area contributed by atoms with Crippen LogP contribution >= 0.6 is 0 Å². The van der Waals surface area contributed by atoms with Crippen LogP contribution in [0.4, 0.5) is 13.2 Å². The molecule has 1 heterocycles. The van der Waals surface area contributed by atoms with Crippen molar-refractivity contribution in [2.45, 2.75) is 18.7 Å². The summed E-state index contributed by atoms with van der Waals surface area (Å²) in [6, 6.07) is 5.86. The van der Waals surface area contributed by atoms with E-state index in [0.717, 1.165) is 0 Å². The predicted octanol–water partition coefficient (Wildman–Crippen LogP) is 2.05. The number of para-hydroxylation sites is 1. The van der Waals surface area contributed by atoms with E-state index in [4.69, 9.17) is 0 Å². The highest BCUT2D eigenvalue weighted by atomic mass is 19.4. The number of halogens is 3. The van der Waals surface area contributed by atoms with Gasteiger partial charge in [0.25, 0.3) is 0 Å². The van der Waals surface area contributed by atoms with Gasteiger partial charge in [0, 0.05) is 5.92 Å². The quantitative estimate of drug-likeness (QED) is 0.938. The van der Waals surface area contributed by atoms with Crippen molar-refractivity contribution < 1.29 is 22.7 Å². The molecule has 2 atom stereocenters. The van der Waals surface area contributed by atoms with Crippen LogP contribution in [0.3, 0.4) is 0 Å². The van der Waals surface area contributed by atoms with Gasteiger partial charge in [-0.25, -0.2) is 4.68 Å². The van der Waals surface area contributed by atoms with Crippen LogP contribution in [0.5, 0.6) is 5.75 Å². The van der Waals surface area contributed by atoms with Crippen molar-refractivity contribution in [3.05, 3.63) is 42.5 Å². The number of hydrogen-bond acceptors (Lipinski definition) is 4. The molecule has 3 rings (SSSR count). The number of hydrogen-bond donors (Lipinski definition) is 1. The van der Waals surface area contributed by atoms with Crippen LogP contribution in [0.25, 0.3) is 0 Å². The molecule has 1 fully saturated rings. The lowest BCUT2D eigenvalue weighted by Crippen LogP contribution is -2.23. The fraction of sp³-hybridized carbons (Fsp3) is 0.308. The molecule has 0 bridgehead atoms. The minimum atomic E-state index is -4.76. The summed E-state index contributed by atoms with van der Waals surface area (Å²) in [5.41, 5.74) is 2.92. The maximum absolute atomic E-state index is 12.4. The number of amides is 1. The number of aromatic nitrogens is 3. The van der Waals surface area contributed by atoms with E-state index in [9.17, 15) is 18.0 Å². The highest BCUT2D eigenvalue weighted by Crippen LogP contribution is 2.51. The molecular weight excluding hydrogens is 301 g/mol. The molecule has 116 valence electrons. The third-order valence-electron chi connectivity index (χ3n) is 3.33. The van der Waals surface area contributed by atoms with E-state index < -0.39 is 12.3 Å². The molecule has 1 amide bonds. The fourth-order valence-corrected chi connectivity index (χ4v) is 2.30. The topological polar surface area (TPSA) is 69.0 Å². The Bertz CT molecular complexity index is 672. The third kappa shape index (κ3) is 3.18. The van der Waals surface area contributed by atoms with Crippen molar-refractivity contribution in [2.24, 2.45) is 5.92 Å². The van der Waals surface area contributed by atoms with Gasteiger partial charge in [-0.2, -0.15) is 0 Å². The number of rotatable bonds is 4. The van der Waals surface area contributed by atoms with Gasteiger partial charge in [-0.05, 0) is 24.0 Å². The SMILES string of the molecule is O=C(Nn1cnnc1)C1CC1c1ccccc1OC(F)(F)F.